The van der Waals surface area contributed by atoms with Gasteiger partial charge in [-0.15, -0.1) is 0 Å². The number of aliphatic hydroxyl groups excluding tert-OH is 1. The van der Waals surface area contributed by atoms with Crippen molar-refractivity contribution in [3.8, 4) is 5.75 Å². The topological polar surface area (TPSA) is 87.1 Å². The van der Waals surface area contributed by atoms with E-state index in [1.807, 2.05) is 0 Å². The molecule has 0 aliphatic carbocycles. The third kappa shape index (κ3) is 4.18. The van der Waals surface area contributed by atoms with Gasteiger partial charge in [0, 0.05) is 0 Å². The highest BCUT2D eigenvalue weighted by Gasteiger charge is 2.35. The molecule has 1 heterocycles. The number of β-amino-alcohol motifs (C(OH)–C–C–N with tert-alkyl or cyclic N) is 1. The number of nitrogens with zero attached hydrogens (tertiary/aromatic N) is 1. The van der Waals surface area contributed by atoms with E-state index in [0.29, 0.717) is 11.3 Å². The van der Waals surface area contributed by atoms with Gasteiger partial charge in [0.1, 0.15) is 23.8 Å². The zero-order valence-electron chi connectivity index (χ0n) is 13.8. The quantitative estimate of drug-likeness (QED) is 0.849. The molecular weight excluding hydrogens is 341 g/mol. The third-order valence-corrected chi connectivity index (χ3v) is 4.20. The Morgan fingerprint density at radius 2 is 1.92 bits per heavy atom. The van der Waals surface area contributed by atoms with Crippen molar-refractivity contribution in [2.45, 2.75) is 18.6 Å². The Balaban J connectivity index is 1.63. The van der Waals surface area contributed by atoms with Crippen LogP contribution in [0.3, 0.4) is 0 Å². The van der Waals surface area contributed by atoms with Crippen molar-refractivity contribution in [3.63, 3.8) is 0 Å². The van der Waals surface area contributed by atoms with Crippen LogP contribution in [-0.4, -0.2) is 52.3 Å². The predicted molar refractivity (Wildman–Crippen MR) is 90.5 cm³/mol. The summed E-state index contributed by atoms with van der Waals surface area (Å²) in [6.45, 7) is 0.282. The minimum Gasteiger partial charge on any atom is -0.486 e. The van der Waals surface area contributed by atoms with Gasteiger partial charge in [0.25, 0.3) is 0 Å². The lowest BCUT2D eigenvalue weighted by Crippen LogP contribution is -2.32. The van der Waals surface area contributed by atoms with Crippen LogP contribution in [0.5, 0.6) is 5.75 Å². The Morgan fingerprint density at radius 1 is 1.15 bits per heavy atom. The summed E-state index contributed by atoms with van der Waals surface area (Å²) < 4.78 is 18.9. The molecule has 0 radical (unpaired) electrons. The summed E-state index contributed by atoms with van der Waals surface area (Å²) in [7, 11) is 0. The van der Waals surface area contributed by atoms with Crippen LogP contribution in [-0.2, 0) is 11.2 Å². The average molecular weight is 359 g/mol. The largest absolute Gasteiger partial charge is 0.486 e. The summed E-state index contributed by atoms with van der Waals surface area (Å²) in [6, 6.07) is 11.8. The monoisotopic (exact) mass is 359 g/mol. The van der Waals surface area contributed by atoms with E-state index < -0.39 is 24.0 Å². The summed E-state index contributed by atoms with van der Waals surface area (Å²) in [5, 5.41) is 19.2. The number of hydrogen-bond donors (Lipinski definition) is 2. The van der Waals surface area contributed by atoms with Gasteiger partial charge in [-0.2, -0.15) is 0 Å². The molecule has 0 aromatic heterocycles. The van der Waals surface area contributed by atoms with Crippen LogP contribution in [0, 0.1) is 5.82 Å². The van der Waals surface area contributed by atoms with E-state index >= 15 is 0 Å². The Hall–Kier alpha value is -2.93. The van der Waals surface area contributed by atoms with Gasteiger partial charge in [0.2, 0.25) is 5.91 Å². The van der Waals surface area contributed by atoms with Crippen LogP contribution >= 0.6 is 0 Å². The zero-order chi connectivity index (χ0) is 18.7. The van der Waals surface area contributed by atoms with E-state index in [4.69, 9.17) is 9.84 Å². The summed E-state index contributed by atoms with van der Waals surface area (Å²) in [6.07, 6.45) is -1.51. The molecule has 26 heavy (non-hydrogen) atoms. The van der Waals surface area contributed by atoms with Gasteiger partial charge in [0.15, 0.2) is 0 Å². The maximum Gasteiger partial charge on any atom is 0.335 e. The number of ether oxygens (including phenoxy) is 1. The number of benzene rings is 2. The van der Waals surface area contributed by atoms with E-state index in [1.54, 1.807) is 18.2 Å². The number of carbonyl (C=O) groups is 2. The van der Waals surface area contributed by atoms with E-state index in [2.05, 4.69) is 0 Å². The lowest BCUT2D eigenvalue weighted by atomic mass is 10.1. The maximum absolute atomic E-state index is 13.2. The fourth-order valence-corrected chi connectivity index (χ4v) is 2.89. The summed E-state index contributed by atoms with van der Waals surface area (Å²) in [4.78, 5) is 24.8. The van der Waals surface area contributed by atoms with E-state index in [0.717, 1.165) is 0 Å². The molecule has 7 heteroatoms. The molecule has 1 saturated heterocycles. The molecular formula is C19H18FNO5. The van der Waals surface area contributed by atoms with Gasteiger partial charge >= 0.3 is 5.97 Å². The molecule has 2 aromatic carbocycles. The number of carboxylic acids is 1. The summed E-state index contributed by atoms with van der Waals surface area (Å²) in [5.74, 6) is -1.40. The Bertz CT molecular complexity index is 825. The van der Waals surface area contributed by atoms with Gasteiger partial charge in [-0.3, -0.25) is 4.79 Å². The Kier molecular flexibility index (Phi) is 5.18. The number of rotatable bonds is 5. The average Bonchev–Trinajstić information content (AvgIpc) is 2.96. The maximum atomic E-state index is 13.2. The van der Waals surface area contributed by atoms with Crippen molar-refractivity contribution >= 4 is 11.9 Å². The fraction of sp³-hybridized carbons (Fsp3) is 0.263. The molecule has 2 N–H and O–H groups in total. The van der Waals surface area contributed by atoms with Gasteiger partial charge in [-0.05, 0) is 35.9 Å². The van der Waals surface area contributed by atoms with Crippen LogP contribution < -0.4 is 4.74 Å². The molecule has 3 rings (SSSR count). The number of carboxylic acid groups (broad SMARTS) is 1. The number of likely N-dealkylation sites (tertiary alicyclic amines) is 1. The highest BCUT2D eigenvalue weighted by Crippen LogP contribution is 2.21. The molecule has 1 amide bonds. The fourth-order valence-electron chi connectivity index (χ4n) is 2.89. The van der Waals surface area contributed by atoms with Gasteiger partial charge in [0.05, 0.1) is 25.1 Å². The van der Waals surface area contributed by atoms with Crippen molar-refractivity contribution in [3.05, 3.63) is 65.5 Å². The minimum atomic E-state index is -1.07. The Labute approximate surface area is 149 Å². The van der Waals surface area contributed by atoms with Crippen LogP contribution in [0.1, 0.15) is 15.9 Å². The standard InChI is InChI=1S/C19H18FNO5/c20-14-5-1-3-12(7-14)8-18(23)21-10-16(22)17(11-21)26-15-6-2-4-13(9-15)19(24)25/h1-7,9,16-17,22H,8,10-11H2,(H,24,25)/t16-,17-/m1/s1. The first-order chi connectivity index (χ1) is 12.4. The normalized spacial score (nSPS) is 19.4. The highest BCUT2D eigenvalue weighted by molar-refractivity contribution is 5.88. The third-order valence-electron chi connectivity index (χ3n) is 4.20. The lowest BCUT2D eigenvalue weighted by molar-refractivity contribution is -0.129. The van der Waals surface area contributed by atoms with E-state index in [-0.39, 0.29) is 31.0 Å². The van der Waals surface area contributed by atoms with Gasteiger partial charge in [-0.1, -0.05) is 18.2 Å². The second-order valence-electron chi connectivity index (χ2n) is 6.16. The molecule has 1 aliphatic heterocycles. The first-order valence-corrected chi connectivity index (χ1v) is 8.12. The molecule has 2 aromatic rings. The number of hydrogen-bond acceptors (Lipinski definition) is 4. The Morgan fingerprint density at radius 3 is 2.65 bits per heavy atom. The summed E-state index contributed by atoms with van der Waals surface area (Å²) in [5.41, 5.74) is 0.636. The lowest BCUT2D eigenvalue weighted by Gasteiger charge is -2.17. The predicted octanol–water partition coefficient (Wildman–Crippen LogP) is 1.72. The second kappa shape index (κ2) is 7.53. The molecule has 0 spiro atoms. The SMILES string of the molecule is O=C(O)c1cccc(O[C@@H]2CN(C(=O)Cc3cccc(F)c3)C[C@H]2O)c1. The van der Waals surface area contributed by atoms with E-state index in [1.165, 1.54) is 35.2 Å². The summed E-state index contributed by atoms with van der Waals surface area (Å²) >= 11 is 0. The smallest absolute Gasteiger partial charge is 0.335 e. The second-order valence-corrected chi connectivity index (χ2v) is 6.16. The molecule has 1 aliphatic rings. The number of aliphatic hydroxyl groups is 1. The molecule has 0 unspecified atom stereocenters. The van der Waals surface area contributed by atoms with Crippen LogP contribution in [0.25, 0.3) is 0 Å². The number of aromatic carboxylic acids is 1. The molecule has 0 bridgehead atoms. The zero-order valence-corrected chi connectivity index (χ0v) is 13.8. The van der Waals surface area contributed by atoms with Crippen molar-refractivity contribution in [2.75, 3.05) is 13.1 Å². The molecule has 136 valence electrons. The number of carbonyl (C=O) groups excluding carboxylic acids is 1. The van der Waals surface area contributed by atoms with Crippen LogP contribution in [0.15, 0.2) is 48.5 Å². The van der Waals surface area contributed by atoms with Crippen LogP contribution in [0.2, 0.25) is 0 Å². The van der Waals surface area contributed by atoms with Crippen molar-refractivity contribution < 1.29 is 28.9 Å². The van der Waals surface area contributed by atoms with Gasteiger partial charge < -0.3 is 19.8 Å². The van der Waals surface area contributed by atoms with Crippen LogP contribution in [0.4, 0.5) is 4.39 Å². The molecule has 0 saturated carbocycles. The highest BCUT2D eigenvalue weighted by atomic mass is 19.1. The van der Waals surface area contributed by atoms with Crippen molar-refractivity contribution in [1.29, 1.82) is 0 Å². The molecule has 1 fully saturated rings. The first kappa shape index (κ1) is 17.9. The van der Waals surface area contributed by atoms with Gasteiger partial charge in [-0.25, -0.2) is 9.18 Å². The first-order valence-electron chi connectivity index (χ1n) is 8.12. The minimum absolute atomic E-state index is 0.0334. The molecule has 2 atom stereocenters. The number of halogens is 1. The van der Waals surface area contributed by atoms with Crippen molar-refractivity contribution in [1.82, 2.24) is 4.90 Å². The number of amides is 1. The molecule has 6 nitrogen and oxygen atoms in total. The van der Waals surface area contributed by atoms with E-state index in [9.17, 15) is 19.1 Å². The van der Waals surface area contributed by atoms with Crippen molar-refractivity contribution in [2.24, 2.45) is 0 Å².